The maximum absolute atomic E-state index is 11.0. The molecule has 1 aromatic carbocycles. The minimum Gasteiger partial charge on any atom is -0.374 e. The second kappa shape index (κ2) is 4.96. The third kappa shape index (κ3) is 2.54. The highest BCUT2D eigenvalue weighted by atomic mass is 32.1. The van der Waals surface area contributed by atoms with Gasteiger partial charge in [0.05, 0.1) is 11.1 Å². The molecule has 2 aromatic heterocycles. The van der Waals surface area contributed by atoms with E-state index in [9.17, 15) is 4.79 Å². The van der Waals surface area contributed by atoms with Gasteiger partial charge in [0.15, 0.2) is 0 Å². The van der Waals surface area contributed by atoms with Gasteiger partial charge in [0.2, 0.25) is 0 Å². The first-order valence-electron chi connectivity index (χ1n) is 6.47. The Hall–Kier alpha value is -2.21. The van der Waals surface area contributed by atoms with E-state index in [0.717, 1.165) is 16.3 Å². The normalized spacial score (nSPS) is 11.8. The van der Waals surface area contributed by atoms with Gasteiger partial charge >= 0.3 is 5.82 Å². The molecule has 0 atom stereocenters. The fraction of sp³-hybridized carbons (Fsp3) is 0.267. The van der Waals surface area contributed by atoms with Crippen LogP contribution in [0.2, 0.25) is 0 Å². The lowest BCUT2D eigenvalue weighted by Crippen LogP contribution is -2.20. The van der Waals surface area contributed by atoms with E-state index in [1.165, 1.54) is 5.56 Å². The zero-order valence-corrected chi connectivity index (χ0v) is 12.7. The molecule has 0 aliphatic carbocycles. The van der Waals surface area contributed by atoms with E-state index in [-0.39, 0.29) is 5.89 Å². The summed E-state index contributed by atoms with van der Waals surface area (Å²) < 4.78 is 9.45. The molecule has 6 heteroatoms. The van der Waals surface area contributed by atoms with Crippen molar-refractivity contribution in [1.29, 1.82) is 0 Å². The topological polar surface area (TPSA) is 69.1 Å². The van der Waals surface area contributed by atoms with Crippen molar-refractivity contribution >= 4 is 11.3 Å². The van der Waals surface area contributed by atoms with Gasteiger partial charge in [-0.3, -0.25) is 4.52 Å². The van der Waals surface area contributed by atoms with Gasteiger partial charge in [0.1, 0.15) is 5.01 Å². The molecule has 3 rings (SSSR count). The number of benzene rings is 1. The third-order valence-corrected chi connectivity index (χ3v) is 4.25. The highest BCUT2D eigenvalue weighted by molar-refractivity contribution is 7.13. The molecule has 0 saturated carbocycles. The molecule has 3 aromatic rings. The number of rotatable bonds is 3. The van der Waals surface area contributed by atoms with Crippen LogP contribution in [0.25, 0.3) is 10.6 Å². The van der Waals surface area contributed by atoms with Crippen molar-refractivity contribution in [2.45, 2.75) is 26.2 Å². The zero-order chi connectivity index (χ0) is 15.0. The summed E-state index contributed by atoms with van der Waals surface area (Å²) in [6.45, 7) is 5.83. The summed E-state index contributed by atoms with van der Waals surface area (Å²) in [6, 6.07) is 8.19. The first-order valence-corrected chi connectivity index (χ1v) is 7.35. The minimum atomic E-state index is -0.799. The van der Waals surface area contributed by atoms with E-state index in [0.29, 0.717) is 0 Å². The Morgan fingerprint density at radius 3 is 2.52 bits per heavy atom. The quantitative estimate of drug-likeness (QED) is 0.741. The van der Waals surface area contributed by atoms with Crippen LogP contribution >= 0.6 is 11.3 Å². The van der Waals surface area contributed by atoms with E-state index in [1.807, 2.05) is 38.3 Å². The van der Waals surface area contributed by atoms with E-state index in [4.69, 9.17) is 4.42 Å². The van der Waals surface area contributed by atoms with Crippen LogP contribution in [0.5, 0.6) is 0 Å². The lowest BCUT2D eigenvalue weighted by molar-refractivity contribution is 0.331. The van der Waals surface area contributed by atoms with Crippen molar-refractivity contribution in [1.82, 2.24) is 10.1 Å². The van der Waals surface area contributed by atoms with Crippen LogP contribution in [0.1, 0.15) is 31.0 Å². The standard InChI is InChI=1S/C15H14N2O3S/c1-9-4-6-10(7-5-9)12-16-11(8-21-12)15(2,3)13-17-20-14(18)19-13/h4-8H,1-3H3. The highest BCUT2D eigenvalue weighted by Crippen LogP contribution is 2.33. The van der Waals surface area contributed by atoms with Gasteiger partial charge in [-0.1, -0.05) is 29.8 Å². The molecule has 0 aliphatic heterocycles. The Morgan fingerprint density at radius 2 is 1.90 bits per heavy atom. The summed E-state index contributed by atoms with van der Waals surface area (Å²) in [5.41, 5.74) is 2.45. The van der Waals surface area contributed by atoms with Crippen LogP contribution in [-0.2, 0) is 5.41 Å². The smallest absolute Gasteiger partial charge is 0.374 e. The predicted octanol–water partition coefficient (Wildman–Crippen LogP) is 3.39. The first kappa shape index (κ1) is 13.8. The van der Waals surface area contributed by atoms with Gasteiger partial charge < -0.3 is 4.42 Å². The Labute approximate surface area is 125 Å². The molecule has 0 N–H and O–H groups in total. The van der Waals surface area contributed by atoms with Crippen LogP contribution in [0.15, 0.2) is 43.4 Å². The number of nitrogens with zero attached hydrogens (tertiary/aromatic N) is 2. The fourth-order valence-electron chi connectivity index (χ4n) is 1.94. The molecule has 0 radical (unpaired) electrons. The minimum absolute atomic E-state index is 0.230. The number of thiazole rings is 1. The summed E-state index contributed by atoms with van der Waals surface area (Å²) in [6.07, 6.45) is 0. The van der Waals surface area contributed by atoms with Gasteiger partial charge in [-0.25, -0.2) is 9.78 Å². The monoisotopic (exact) mass is 302 g/mol. The van der Waals surface area contributed by atoms with E-state index >= 15 is 0 Å². The fourth-order valence-corrected chi connectivity index (χ4v) is 2.93. The molecule has 108 valence electrons. The SMILES string of the molecule is Cc1ccc(-c2nc(C(C)(C)c3noc(=O)o3)cs2)cc1. The molecule has 0 unspecified atom stereocenters. The van der Waals surface area contributed by atoms with Crippen molar-refractivity contribution in [3.63, 3.8) is 0 Å². The molecule has 0 spiro atoms. The number of hydrogen-bond acceptors (Lipinski definition) is 6. The zero-order valence-electron chi connectivity index (χ0n) is 11.9. The Bertz CT molecular complexity index is 812. The molecule has 0 bridgehead atoms. The van der Waals surface area contributed by atoms with Crippen LogP contribution in [0, 0.1) is 6.92 Å². The average molecular weight is 302 g/mol. The lowest BCUT2D eigenvalue weighted by Gasteiger charge is -2.16. The first-order chi connectivity index (χ1) is 9.96. The molecule has 0 fully saturated rings. The van der Waals surface area contributed by atoms with Crippen molar-refractivity contribution < 1.29 is 8.94 Å². The predicted molar refractivity (Wildman–Crippen MR) is 79.5 cm³/mol. The molecule has 0 amide bonds. The molecule has 0 aliphatic rings. The average Bonchev–Trinajstić information content (AvgIpc) is 3.09. The molecule has 21 heavy (non-hydrogen) atoms. The second-order valence-corrected chi connectivity index (χ2v) is 6.23. The second-order valence-electron chi connectivity index (χ2n) is 5.37. The molecule has 5 nitrogen and oxygen atoms in total. The van der Waals surface area contributed by atoms with Crippen molar-refractivity contribution in [2.75, 3.05) is 0 Å². The maximum Gasteiger partial charge on any atom is 0.542 e. The highest BCUT2D eigenvalue weighted by Gasteiger charge is 2.32. The largest absolute Gasteiger partial charge is 0.542 e. The van der Waals surface area contributed by atoms with E-state index in [1.54, 1.807) is 11.3 Å². The van der Waals surface area contributed by atoms with E-state index < -0.39 is 11.2 Å². The summed E-state index contributed by atoms with van der Waals surface area (Å²) in [5.74, 6) is -0.569. The maximum atomic E-state index is 11.0. The Morgan fingerprint density at radius 1 is 1.19 bits per heavy atom. The van der Waals surface area contributed by atoms with E-state index in [2.05, 4.69) is 26.8 Å². The van der Waals surface area contributed by atoms with Crippen LogP contribution in [-0.4, -0.2) is 10.1 Å². The van der Waals surface area contributed by atoms with Crippen LogP contribution < -0.4 is 5.82 Å². The van der Waals surface area contributed by atoms with Crippen molar-refractivity contribution in [3.8, 4) is 10.6 Å². The summed E-state index contributed by atoms with van der Waals surface area (Å²) in [7, 11) is 0. The number of aromatic nitrogens is 2. The summed E-state index contributed by atoms with van der Waals surface area (Å²) in [5, 5.41) is 6.54. The lowest BCUT2D eigenvalue weighted by atomic mass is 9.90. The summed E-state index contributed by atoms with van der Waals surface area (Å²) >= 11 is 1.55. The van der Waals surface area contributed by atoms with Crippen molar-refractivity contribution in [2.24, 2.45) is 0 Å². The molecule has 0 saturated heterocycles. The number of hydrogen-bond donors (Lipinski definition) is 0. The van der Waals surface area contributed by atoms with Crippen LogP contribution in [0.3, 0.4) is 0 Å². The third-order valence-electron chi connectivity index (χ3n) is 3.36. The summed E-state index contributed by atoms with van der Waals surface area (Å²) in [4.78, 5) is 15.7. The van der Waals surface area contributed by atoms with Gasteiger partial charge in [-0.05, 0) is 25.9 Å². The van der Waals surface area contributed by atoms with Gasteiger partial charge in [0, 0.05) is 10.9 Å². The molecule has 2 heterocycles. The number of aryl methyl sites for hydroxylation is 1. The van der Waals surface area contributed by atoms with Crippen molar-refractivity contribution in [3.05, 3.63) is 57.4 Å². The van der Waals surface area contributed by atoms with Crippen LogP contribution in [0.4, 0.5) is 0 Å². The Balaban J connectivity index is 1.97. The van der Waals surface area contributed by atoms with Gasteiger partial charge in [-0.2, -0.15) is 0 Å². The molecular weight excluding hydrogens is 288 g/mol. The molecular formula is C15H14N2O3S. The Kier molecular flexibility index (Phi) is 3.25. The van der Waals surface area contributed by atoms with Gasteiger partial charge in [0.25, 0.3) is 5.89 Å². The van der Waals surface area contributed by atoms with Gasteiger partial charge in [-0.15, -0.1) is 11.3 Å².